The number of amides is 1. The summed E-state index contributed by atoms with van der Waals surface area (Å²) < 4.78 is 0. The van der Waals surface area contributed by atoms with Gasteiger partial charge in [-0.25, -0.2) is 0 Å². The van der Waals surface area contributed by atoms with E-state index in [9.17, 15) is 4.79 Å². The van der Waals surface area contributed by atoms with Gasteiger partial charge < -0.3 is 5.32 Å². The summed E-state index contributed by atoms with van der Waals surface area (Å²) in [6, 6.07) is 8.93. The molecule has 4 rings (SSSR count). The average Bonchev–Trinajstić information content (AvgIpc) is 3.39. The first-order valence-corrected chi connectivity index (χ1v) is 12.9. The van der Waals surface area contributed by atoms with Crippen molar-refractivity contribution in [3.8, 4) is 0 Å². The topological polar surface area (TPSA) is 32.3 Å². The van der Waals surface area contributed by atoms with Crippen LogP contribution in [0.4, 0.5) is 0 Å². The summed E-state index contributed by atoms with van der Waals surface area (Å²) >= 11 is 0. The fourth-order valence-corrected chi connectivity index (χ4v) is 6.32. The number of carbonyl (C=O) groups is 1. The minimum absolute atomic E-state index is 0.339. The van der Waals surface area contributed by atoms with E-state index in [1.807, 2.05) is 0 Å². The fourth-order valence-electron chi connectivity index (χ4n) is 6.32. The number of hydrogen-bond acceptors (Lipinski definition) is 2. The molecule has 3 nitrogen and oxygen atoms in total. The first-order valence-electron chi connectivity index (χ1n) is 12.9. The highest BCUT2D eigenvalue weighted by atomic mass is 16.1. The summed E-state index contributed by atoms with van der Waals surface area (Å²) in [5.74, 6) is 2.28. The molecule has 1 amide bonds. The predicted octanol–water partition coefficient (Wildman–Crippen LogP) is 5.72. The van der Waals surface area contributed by atoms with Crippen LogP contribution in [0.25, 0.3) is 0 Å². The number of unbranched alkanes of at least 4 members (excludes halogenated alkanes) is 6. The van der Waals surface area contributed by atoms with Crippen LogP contribution in [-0.4, -0.2) is 30.4 Å². The molecule has 3 unspecified atom stereocenters. The molecule has 166 valence electrons. The zero-order valence-corrected chi connectivity index (χ0v) is 18.9. The van der Waals surface area contributed by atoms with Gasteiger partial charge in [0.15, 0.2) is 0 Å². The number of fused-ring (bicyclic) bond motifs is 2. The van der Waals surface area contributed by atoms with Gasteiger partial charge in [0.2, 0.25) is 5.91 Å². The highest BCUT2D eigenvalue weighted by molar-refractivity contribution is 5.79. The van der Waals surface area contributed by atoms with Crippen molar-refractivity contribution in [3.05, 3.63) is 35.4 Å². The van der Waals surface area contributed by atoms with Crippen molar-refractivity contribution >= 4 is 5.91 Å². The lowest BCUT2D eigenvalue weighted by Crippen LogP contribution is -2.33. The second-order valence-electron chi connectivity index (χ2n) is 10.1. The van der Waals surface area contributed by atoms with E-state index in [-0.39, 0.29) is 0 Å². The maximum atomic E-state index is 12.5. The van der Waals surface area contributed by atoms with E-state index in [4.69, 9.17) is 0 Å². The number of nitrogens with one attached hydrogen (secondary N) is 1. The van der Waals surface area contributed by atoms with E-state index in [1.165, 1.54) is 89.3 Å². The first kappa shape index (κ1) is 21.9. The molecular weight excluding hydrogens is 368 g/mol. The van der Waals surface area contributed by atoms with Crippen LogP contribution in [-0.2, 0) is 17.8 Å². The average molecular weight is 411 g/mol. The summed E-state index contributed by atoms with van der Waals surface area (Å²) in [5, 5.41) is 3.25. The van der Waals surface area contributed by atoms with Gasteiger partial charge in [-0.15, -0.1) is 0 Å². The molecule has 0 spiro atoms. The lowest BCUT2D eigenvalue weighted by atomic mass is 9.91. The normalized spacial score (nSPS) is 25.8. The van der Waals surface area contributed by atoms with Gasteiger partial charge in [0, 0.05) is 25.6 Å². The molecule has 2 fully saturated rings. The predicted molar refractivity (Wildman–Crippen MR) is 124 cm³/mol. The number of rotatable bonds is 11. The van der Waals surface area contributed by atoms with Crippen molar-refractivity contribution in [2.24, 2.45) is 17.8 Å². The summed E-state index contributed by atoms with van der Waals surface area (Å²) in [6.45, 7) is 4.52. The Labute approximate surface area is 184 Å². The Kier molecular flexibility index (Phi) is 8.25. The minimum Gasteiger partial charge on any atom is -0.356 e. The zero-order chi connectivity index (χ0) is 20.6. The first-order chi connectivity index (χ1) is 14.8. The molecule has 1 aromatic rings. The summed E-state index contributed by atoms with van der Waals surface area (Å²) in [7, 11) is 0. The molecule has 0 radical (unpaired) electrons. The fraction of sp³-hybridized carbons (Fsp3) is 0.741. The molecule has 1 aromatic carbocycles. The van der Waals surface area contributed by atoms with Crippen LogP contribution in [0, 0.1) is 17.8 Å². The molecule has 2 aliphatic carbocycles. The number of carbonyl (C=O) groups excluding carboxylic acids is 1. The largest absolute Gasteiger partial charge is 0.356 e. The zero-order valence-electron chi connectivity index (χ0n) is 18.9. The van der Waals surface area contributed by atoms with Crippen LogP contribution < -0.4 is 5.32 Å². The van der Waals surface area contributed by atoms with E-state index < -0.39 is 0 Å². The molecule has 3 heteroatoms. The Bertz CT molecular complexity index is 673. The van der Waals surface area contributed by atoms with Crippen molar-refractivity contribution in [2.45, 2.75) is 90.0 Å². The molecule has 1 aliphatic heterocycles. The molecule has 0 aromatic heterocycles. The van der Waals surface area contributed by atoms with Gasteiger partial charge in [0.25, 0.3) is 0 Å². The molecule has 30 heavy (non-hydrogen) atoms. The molecule has 2 saturated carbocycles. The van der Waals surface area contributed by atoms with Gasteiger partial charge in [0.1, 0.15) is 0 Å². The lowest BCUT2D eigenvalue weighted by Gasteiger charge is -2.28. The van der Waals surface area contributed by atoms with Gasteiger partial charge in [-0.05, 0) is 68.0 Å². The Hall–Kier alpha value is -1.35. The maximum absolute atomic E-state index is 12.5. The van der Waals surface area contributed by atoms with Crippen molar-refractivity contribution < 1.29 is 4.79 Å². The second-order valence-corrected chi connectivity index (χ2v) is 10.1. The third kappa shape index (κ3) is 5.87. The number of hydrogen-bond donors (Lipinski definition) is 1. The van der Waals surface area contributed by atoms with Gasteiger partial charge >= 0.3 is 0 Å². The highest BCUT2D eigenvalue weighted by Gasteiger charge is 2.42. The van der Waals surface area contributed by atoms with Crippen LogP contribution in [0.3, 0.4) is 0 Å². The SMILES string of the molecule is O=C(NCCCCCCCCCN1CCc2ccccc2C1)C1CCC2CCCC21. The molecule has 0 bridgehead atoms. The molecule has 1 heterocycles. The van der Waals surface area contributed by atoms with Crippen LogP contribution in [0.1, 0.15) is 88.2 Å². The summed E-state index contributed by atoms with van der Waals surface area (Å²) in [5.41, 5.74) is 3.09. The molecule has 1 N–H and O–H groups in total. The van der Waals surface area contributed by atoms with Gasteiger partial charge in [0.05, 0.1) is 0 Å². The van der Waals surface area contributed by atoms with Crippen LogP contribution >= 0.6 is 0 Å². The number of benzene rings is 1. The quantitative estimate of drug-likeness (QED) is 0.473. The number of nitrogens with zero attached hydrogens (tertiary/aromatic N) is 1. The van der Waals surface area contributed by atoms with Crippen LogP contribution in [0.5, 0.6) is 0 Å². The lowest BCUT2D eigenvalue weighted by molar-refractivity contribution is -0.126. The van der Waals surface area contributed by atoms with Crippen LogP contribution in [0.15, 0.2) is 24.3 Å². The third-order valence-electron chi connectivity index (χ3n) is 8.08. The van der Waals surface area contributed by atoms with E-state index in [0.29, 0.717) is 17.7 Å². The molecule has 0 saturated heterocycles. The molecule has 3 aliphatic rings. The second kappa shape index (κ2) is 11.3. The van der Waals surface area contributed by atoms with E-state index in [2.05, 4.69) is 34.5 Å². The maximum Gasteiger partial charge on any atom is 0.223 e. The van der Waals surface area contributed by atoms with E-state index in [0.717, 1.165) is 31.8 Å². The molecular formula is C27H42N2O. The highest BCUT2D eigenvalue weighted by Crippen LogP contribution is 2.47. The van der Waals surface area contributed by atoms with Gasteiger partial charge in [-0.2, -0.15) is 0 Å². The van der Waals surface area contributed by atoms with Gasteiger partial charge in [-0.1, -0.05) is 69.2 Å². The summed E-state index contributed by atoms with van der Waals surface area (Å²) in [6.07, 6.45) is 16.8. The molecule has 3 atom stereocenters. The Morgan fingerprint density at radius 2 is 1.67 bits per heavy atom. The van der Waals surface area contributed by atoms with Crippen LogP contribution in [0.2, 0.25) is 0 Å². The minimum atomic E-state index is 0.339. The Morgan fingerprint density at radius 1 is 0.900 bits per heavy atom. The van der Waals surface area contributed by atoms with Gasteiger partial charge in [-0.3, -0.25) is 9.69 Å². The van der Waals surface area contributed by atoms with E-state index >= 15 is 0 Å². The smallest absolute Gasteiger partial charge is 0.223 e. The third-order valence-corrected chi connectivity index (χ3v) is 8.08. The monoisotopic (exact) mass is 410 g/mol. The van der Waals surface area contributed by atoms with E-state index in [1.54, 1.807) is 5.56 Å². The summed E-state index contributed by atoms with van der Waals surface area (Å²) in [4.78, 5) is 15.1. The van der Waals surface area contributed by atoms with Crippen molar-refractivity contribution in [3.63, 3.8) is 0 Å². The van der Waals surface area contributed by atoms with Crippen molar-refractivity contribution in [1.82, 2.24) is 10.2 Å². The standard InChI is InChI=1S/C27H42N2O/c30-27(26-16-15-23-13-10-14-25(23)26)28-18-8-4-2-1-3-5-9-19-29-20-17-22-11-6-7-12-24(22)21-29/h6-7,11-12,23,25-26H,1-5,8-10,13-21H2,(H,28,30). The Balaban J connectivity index is 0.968. The van der Waals surface area contributed by atoms with Crippen molar-refractivity contribution in [1.29, 1.82) is 0 Å². The Morgan fingerprint density at radius 3 is 2.53 bits per heavy atom. The van der Waals surface area contributed by atoms with Crippen molar-refractivity contribution in [2.75, 3.05) is 19.6 Å².